The Labute approximate surface area is 501 Å². The van der Waals surface area contributed by atoms with Crippen molar-refractivity contribution >= 4 is 133 Å². The van der Waals surface area contributed by atoms with Gasteiger partial charge in [-0.1, -0.05) is 86.7 Å². The lowest BCUT2D eigenvalue weighted by atomic mass is 10.2. The number of nitrogen functional groups attached to an aromatic ring is 1. The second-order valence-electron chi connectivity index (χ2n) is 19.8. The predicted octanol–water partition coefficient (Wildman–Crippen LogP) is 16.5. The average Bonchev–Trinajstić information content (AvgIpc) is 4.32. The van der Waals surface area contributed by atoms with E-state index in [9.17, 15) is 9.59 Å². The maximum atomic E-state index is 12.2. The molecule has 11 aromatic rings. The topological polar surface area (TPSA) is 224 Å². The Bertz CT molecular complexity index is 3890. The molecular formula is C58H76ClN15O4S4. The zero-order valence-corrected chi connectivity index (χ0v) is 49.7. The van der Waals surface area contributed by atoms with E-state index < -0.39 is 23.4 Å². The van der Waals surface area contributed by atoms with Gasteiger partial charge in [0, 0.05) is 48.3 Å². The molecule has 11 rings (SSSR count). The molecule has 0 unspecified atom stereocenters. The molecule has 4 N–H and O–H groups in total. The number of halogens is 1. The number of nitrogens with two attached hydrogens (primary N) is 1. The van der Waals surface area contributed by atoms with Gasteiger partial charge in [0.1, 0.15) is 75.2 Å². The lowest BCUT2D eigenvalue weighted by Gasteiger charge is -2.24. The van der Waals surface area contributed by atoms with E-state index in [0.29, 0.717) is 21.9 Å². The summed E-state index contributed by atoms with van der Waals surface area (Å²) < 4.78 is 17.0. The van der Waals surface area contributed by atoms with Crippen LogP contribution in [0, 0.1) is 41.5 Å². The van der Waals surface area contributed by atoms with Gasteiger partial charge in [0.05, 0.1) is 0 Å². The summed E-state index contributed by atoms with van der Waals surface area (Å²) >= 11 is 11.8. The van der Waals surface area contributed by atoms with Crippen LogP contribution in [0.25, 0.3) is 56.8 Å². The van der Waals surface area contributed by atoms with Gasteiger partial charge in [-0.25, -0.2) is 49.5 Å². The Hall–Kier alpha value is -7.57. The summed E-state index contributed by atoms with van der Waals surface area (Å²) in [5.41, 5.74) is 14.7. The second-order valence-corrected chi connectivity index (χ2v) is 24.1. The van der Waals surface area contributed by atoms with Gasteiger partial charge in [-0.2, -0.15) is 0 Å². The number of nitrogens with one attached hydrogen (secondary N) is 2. The number of carbonyl (C=O) groups excluding carboxylic acids is 2. The Morgan fingerprint density at radius 3 is 1.30 bits per heavy atom. The number of anilines is 4. The summed E-state index contributed by atoms with van der Waals surface area (Å²) in [4.78, 5) is 64.4. The van der Waals surface area contributed by atoms with Gasteiger partial charge >= 0.3 is 12.2 Å². The molecule has 2 amide bonds. The first-order valence-electron chi connectivity index (χ1n) is 24.4. The number of aromatic nitrogens is 11. The SMILES string of the molecule is C.C.C.C.CNc1ccc2nc(N)sc2n1.Cc1ccc(C)n1-c1nc2ccc(Cl)nc2s1.Cc1ccc(C)n1-c1nc2ccc(N(C)C(=O)OC(C)(C)C)nc2s1.Cc1ccc(C)n1-c1nc2ccc(NC(=O)OC(C)(C)C)nc2s1. The molecule has 82 heavy (non-hydrogen) atoms. The van der Waals surface area contributed by atoms with Gasteiger partial charge in [-0.3, -0.25) is 23.9 Å². The van der Waals surface area contributed by atoms with Gasteiger partial charge in [0.25, 0.3) is 0 Å². The highest BCUT2D eigenvalue weighted by atomic mass is 35.5. The lowest BCUT2D eigenvalue weighted by Crippen LogP contribution is -2.34. The molecule has 11 heterocycles. The van der Waals surface area contributed by atoms with Crippen LogP contribution in [0.5, 0.6) is 0 Å². The summed E-state index contributed by atoms with van der Waals surface area (Å²) in [5, 5.41) is 9.36. The van der Waals surface area contributed by atoms with E-state index in [0.717, 1.165) is 85.4 Å². The summed E-state index contributed by atoms with van der Waals surface area (Å²) in [7, 11) is 3.49. The molecule has 0 fully saturated rings. The molecule has 0 aliphatic heterocycles. The number of nitrogens with zero attached hydrogens (tertiary/aromatic N) is 12. The highest BCUT2D eigenvalue weighted by molar-refractivity contribution is 7.22. The quantitative estimate of drug-likeness (QED) is 0.132. The second kappa shape index (κ2) is 27.5. The lowest BCUT2D eigenvalue weighted by molar-refractivity contribution is 0.0586. The monoisotopic (exact) mass is 1210 g/mol. The van der Waals surface area contributed by atoms with E-state index in [1.807, 2.05) is 107 Å². The number of hydrogen-bond donors (Lipinski definition) is 3. The van der Waals surface area contributed by atoms with Crippen molar-refractivity contribution in [1.82, 2.24) is 53.6 Å². The molecule has 24 heteroatoms. The smallest absolute Gasteiger partial charge is 0.415 e. The van der Waals surface area contributed by atoms with Crippen LogP contribution in [0.1, 0.15) is 105 Å². The summed E-state index contributed by atoms with van der Waals surface area (Å²) in [6, 6.07) is 27.1. The van der Waals surface area contributed by atoms with Crippen molar-refractivity contribution in [3.63, 3.8) is 0 Å². The van der Waals surface area contributed by atoms with Crippen LogP contribution in [-0.2, 0) is 9.47 Å². The molecule has 0 spiro atoms. The molecule has 19 nitrogen and oxygen atoms in total. The summed E-state index contributed by atoms with van der Waals surface area (Å²) in [5.74, 6) is 1.83. The van der Waals surface area contributed by atoms with E-state index >= 15 is 0 Å². The number of rotatable bonds is 6. The zero-order valence-electron chi connectivity index (χ0n) is 45.7. The number of aryl methyl sites for hydroxylation is 6. The van der Waals surface area contributed by atoms with Crippen LogP contribution in [0.3, 0.4) is 0 Å². The first kappa shape index (κ1) is 66.9. The van der Waals surface area contributed by atoms with E-state index in [1.165, 1.54) is 50.3 Å². The van der Waals surface area contributed by atoms with E-state index in [-0.39, 0.29) is 29.7 Å². The number of carbonyl (C=O) groups is 2. The largest absolute Gasteiger partial charge is 0.444 e. The van der Waals surface area contributed by atoms with Crippen molar-refractivity contribution in [3.8, 4) is 15.4 Å². The molecule has 0 aliphatic carbocycles. The Morgan fingerprint density at radius 2 is 0.866 bits per heavy atom. The maximum Gasteiger partial charge on any atom is 0.415 e. The number of fused-ring (bicyclic) bond motifs is 4. The van der Waals surface area contributed by atoms with Crippen molar-refractivity contribution in [2.75, 3.05) is 35.4 Å². The average molecular weight is 1210 g/mol. The maximum absolute atomic E-state index is 12.2. The molecule has 0 aromatic carbocycles. The molecule has 0 aliphatic rings. The zero-order chi connectivity index (χ0) is 56.4. The number of thiazole rings is 4. The van der Waals surface area contributed by atoms with Crippen LogP contribution in [0.2, 0.25) is 5.15 Å². The number of ether oxygens (including phenoxy) is 2. The summed E-state index contributed by atoms with van der Waals surface area (Å²) in [6.45, 7) is 23.3. The minimum atomic E-state index is -0.546. The molecule has 11 aromatic heterocycles. The minimum Gasteiger partial charge on any atom is -0.444 e. The Kier molecular flexibility index (Phi) is 22.4. The van der Waals surface area contributed by atoms with Crippen molar-refractivity contribution in [2.24, 2.45) is 0 Å². The molecule has 438 valence electrons. The van der Waals surface area contributed by atoms with Crippen molar-refractivity contribution in [3.05, 3.63) is 124 Å². The van der Waals surface area contributed by atoms with Crippen molar-refractivity contribution in [2.45, 2.75) is 124 Å². The first-order chi connectivity index (χ1) is 36.8. The standard InChI is InChI=1S/C18H22N4O2S.C17H20N4O2S.C12H10ClN3S.C7H8N4S.4CH4/c1-11-7-8-12(2)22(11)16-19-13-9-10-14(20-15(13)25-16)21(6)17(23)24-18(3,4)5;1-10-6-7-11(2)21(10)15-18-12-8-9-13(19-14(12)24-15)20-16(22)23-17(3,4)5;1-7-3-4-8(2)16(7)12-14-9-5-6-10(13)15-11(9)17-12;1-9-5-3-2-4-6(11-5)12-7(8)10-4;;;;/h7-10H,1-6H3;6-9H,1-5H3,(H,19,20,22);3-6H,1-2H3;2-3H,1H3,(H2,8,10)(H,9,11);4*1H4. The van der Waals surface area contributed by atoms with Gasteiger partial charge in [-0.05, 0) is 168 Å². The van der Waals surface area contributed by atoms with Gasteiger partial charge < -0.3 is 20.5 Å². The van der Waals surface area contributed by atoms with Gasteiger partial charge in [0.2, 0.25) is 0 Å². The third-order valence-electron chi connectivity index (χ3n) is 11.2. The summed E-state index contributed by atoms with van der Waals surface area (Å²) in [6.07, 6.45) is -0.947. The van der Waals surface area contributed by atoms with Crippen LogP contribution in [0.15, 0.2) is 84.9 Å². The molecule has 0 saturated carbocycles. The minimum absolute atomic E-state index is 0. The van der Waals surface area contributed by atoms with Gasteiger partial charge in [-0.15, -0.1) is 0 Å². The highest BCUT2D eigenvalue weighted by Crippen LogP contribution is 2.31. The van der Waals surface area contributed by atoms with Crippen molar-refractivity contribution in [1.29, 1.82) is 0 Å². The van der Waals surface area contributed by atoms with Crippen LogP contribution in [0.4, 0.5) is 32.2 Å². The van der Waals surface area contributed by atoms with Crippen molar-refractivity contribution < 1.29 is 19.1 Å². The van der Waals surface area contributed by atoms with Crippen LogP contribution in [-0.4, -0.2) is 91.1 Å². The third kappa shape index (κ3) is 16.1. The fraction of sp³-hybridized carbons (Fsp3) is 0.345. The molecule has 0 atom stereocenters. The molecular weight excluding hydrogens is 1130 g/mol. The number of hydrogen-bond acceptors (Lipinski definition) is 18. The van der Waals surface area contributed by atoms with Crippen LogP contribution >= 0.6 is 56.9 Å². The Morgan fingerprint density at radius 1 is 0.500 bits per heavy atom. The van der Waals surface area contributed by atoms with E-state index in [4.69, 9.17) is 26.8 Å². The first-order valence-corrected chi connectivity index (χ1v) is 28.1. The molecule has 0 bridgehead atoms. The van der Waals surface area contributed by atoms with Gasteiger partial charge in [0.15, 0.2) is 20.5 Å². The van der Waals surface area contributed by atoms with Crippen LogP contribution < -0.4 is 21.3 Å². The predicted molar refractivity (Wildman–Crippen MR) is 346 cm³/mol. The fourth-order valence-corrected chi connectivity index (χ4v) is 11.7. The fourth-order valence-electron chi connectivity index (χ4n) is 7.64. The highest BCUT2D eigenvalue weighted by Gasteiger charge is 2.23. The number of pyridine rings is 4. The number of amides is 2. The van der Waals surface area contributed by atoms with E-state index in [1.54, 1.807) is 36.6 Å². The normalized spacial score (nSPS) is 10.9. The molecule has 0 radical (unpaired) electrons. The Balaban J connectivity index is 0.000000238. The van der Waals surface area contributed by atoms with E-state index in [2.05, 4.69) is 114 Å². The molecule has 0 saturated heterocycles. The third-order valence-corrected chi connectivity index (χ3v) is 15.1.